The van der Waals surface area contributed by atoms with Crippen molar-refractivity contribution >= 4 is 59.7 Å². The van der Waals surface area contributed by atoms with Crippen molar-refractivity contribution in [2.75, 3.05) is 0 Å². The van der Waals surface area contributed by atoms with Gasteiger partial charge < -0.3 is 8.98 Å². The van der Waals surface area contributed by atoms with Crippen molar-refractivity contribution in [1.29, 1.82) is 0 Å². The van der Waals surface area contributed by atoms with Crippen LogP contribution in [0, 0.1) is 5.82 Å². The highest BCUT2D eigenvalue weighted by Crippen LogP contribution is 2.41. The molecule has 0 bridgehead atoms. The number of fused-ring (bicyclic) bond motifs is 7. The van der Waals surface area contributed by atoms with Crippen LogP contribution < -0.4 is 0 Å². The quantitative estimate of drug-likeness (QED) is 0.263. The van der Waals surface area contributed by atoms with Crippen molar-refractivity contribution in [3.05, 3.63) is 89.2 Å². The van der Waals surface area contributed by atoms with E-state index in [4.69, 9.17) is 4.42 Å². The van der Waals surface area contributed by atoms with E-state index in [0.29, 0.717) is 4.47 Å². The average molecular weight is 430 g/mol. The lowest BCUT2D eigenvalue weighted by Crippen LogP contribution is -1.96. The Morgan fingerprint density at radius 1 is 0.714 bits per heavy atom. The Bertz CT molecular complexity index is 1540. The zero-order valence-corrected chi connectivity index (χ0v) is 16.2. The highest BCUT2D eigenvalue weighted by Gasteiger charge is 2.19. The minimum absolute atomic E-state index is 0.284. The molecule has 2 nitrogen and oxygen atoms in total. The summed E-state index contributed by atoms with van der Waals surface area (Å²) in [7, 11) is 0. The summed E-state index contributed by atoms with van der Waals surface area (Å²) in [4.78, 5) is 0. The number of rotatable bonds is 1. The Morgan fingerprint density at radius 2 is 1.50 bits per heavy atom. The molecule has 6 rings (SSSR count). The van der Waals surface area contributed by atoms with Gasteiger partial charge in [-0.25, -0.2) is 4.39 Å². The van der Waals surface area contributed by atoms with Crippen LogP contribution >= 0.6 is 15.9 Å². The van der Waals surface area contributed by atoms with Crippen LogP contribution in [0.15, 0.2) is 87.8 Å². The summed E-state index contributed by atoms with van der Waals surface area (Å²) in [5.41, 5.74) is 4.49. The molecule has 0 aliphatic rings. The van der Waals surface area contributed by atoms with Crippen LogP contribution in [0.5, 0.6) is 0 Å². The third kappa shape index (κ3) is 2.01. The number of hydrogen-bond acceptors (Lipinski definition) is 1. The SMILES string of the molecule is Fc1cccc(-n2c3ccccc3c3c4oc5ccccc5c4ccc32)c1Br. The Balaban J connectivity index is 1.87. The zero-order valence-electron chi connectivity index (χ0n) is 14.6. The predicted molar refractivity (Wildman–Crippen MR) is 116 cm³/mol. The first-order valence-electron chi connectivity index (χ1n) is 9.02. The molecule has 0 aliphatic carbocycles. The molecule has 134 valence electrons. The van der Waals surface area contributed by atoms with Crippen LogP contribution in [0.4, 0.5) is 4.39 Å². The molecule has 6 aromatic rings. The summed E-state index contributed by atoms with van der Waals surface area (Å²) in [6.07, 6.45) is 0. The second-order valence-corrected chi connectivity index (χ2v) is 7.65. The number of nitrogens with zero attached hydrogens (tertiary/aromatic N) is 1. The van der Waals surface area contributed by atoms with E-state index in [0.717, 1.165) is 49.4 Å². The van der Waals surface area contributed by atoms with Gasteiger partial charge in [-0.1, -0.05) is 42.5 Å². The zero-order chi connectivity index (χ0) is 18.8. The number of aromatic nitrogens is 1. The molecule has 2 aromatic heterocycles. The summed E-state index contributed by atoms with van der Waals surface area (Å²) in [6, 6.07) is 25.5. The van der Waals surface area contributed by atoms with Gasteiger partial charge in [0.15, 0.2) is 0 Å². The third-order valence-corrected chi connectivity index (χ3v) is 6.14. The first-order valence-corrected chi connectivity index (χ1v) is 9.81. The molecule has 0 saturated heterocycles. The molecule has 0 amide bonds. The van der Waals surface area contributed by atoms with Crippen LogP contribution in [0.1, 0.15) is 0 Å². The number of para-hydroxylation sites is 2. The maximum absolute atomic E-state index is 14.3. The van der Waals surface area contributed by atoms with Gasteiger partial charge in [-0.05, 0) is 52.3 Å². The van der Waals surface area contributed by atoms with Gasteiger partial charge in [0, 0.05) is 16.2 Å². The molecular weight excluding hydrogens is 417 g/mol. The van der Waals surface area contributed by atoms with Crippen molar-refractivity contribution in [2.24, 2.45) is 0 Å². The number of benzene rings is 4. The second kappa shape index (κ2) is 5.69. The van der Waals surface area contributed by atoms with Gasteiger partial charge in [0.25, 0.3) is 0 Å². The topological polar surface area (TPSA) is 18.1 Å². The Hall–Kier alpha value is -3.11. The molecule has 0 fully saturated rings. The standard InChI is InChI=1S/C24H13BrFNO/c25-23-17(26)8-5-10-20(23)27-18-9-3-1-7-16(18)22-19(27)13-12-15-14-6-2-4-11-21(14)28-24(15)22/h1-13H. The fourth-order valence-corrected chi connectivity index (χ4v) is 4.60. The normalized spacial score (nSPS) is 11.9. The maximum Gasteiger partial charge on any atom is 0.145 e. The van der Waals surface area contributed by atoms with Crippen LogP contribution in [0.3, 0.4) is 0 Å². The summed E-state index contributed by atoms with van der Waals surface area (Å²) in [5, 5.41) is 4.31. The maximum atomic E-state index is 14.3. The lowest BCUT2D eigenvalue weighted by Gasteiger charge is -2.10. The van der Waals surface area contributed by atoms with Crippen LogP contribution in [-0.2, 0) is 0 Å². The largest absolute Gasteiger partial charge is 0.455 e. The lowest BCUT2D eigenvalue weighted by atomic mass is 10.1. The summed E-state index contributed by atoms with van der Waals surface area (Å²) < 4.78 is 23.1. The predicted octanol–water partition coefficient (Wildman–Crippen LogP) is 7.58. The minimum Gasteiger partial charge on any atom is -0.455 e. The van der Waals surface area contributed by atoms with Crippen LogP contribution in [-0.4, -0.2) is 4.57 Å². The van der Waals surface area contributed by atoms with E-state index in [9.17, 15) is 4.39 Å². The minimum atomic E-state index is -0.284. The first kappa shape index (κ1) is 15.9. The Labute approximate surface area is 167 Å². The van der Waals surface area contributed by atoms with E-state index >= 15 is 0 Å². The highest BCUT2D eigenvalue weighted by molar-refractivity contribution is 9.10. The molecular formula is C24H13BrFNO. The second-order valence-electron chi connectivity index (χ2n) is 6.86. The van der Waals surface area contributed by atoms with E-state index in [2.05, 4.69) is 50.8 Å². The number of hydrogen-bond donors (Lipinski definition) is 0. The molecule has 4 heteroatoms. The molecule has 0 N–H and O–H groups in total. The van der Waals surface area contributed by atoms with Gasteiger partial charge in [-0.15, -0.1) is 0 Å². The third-order valence-electron chi connectivity index (χ3n) is 5.35. The van der Waals surface area contributed by atoms with Gasteiger partial charge in [0.1, 0.15) is 17.0 Å². The van der Waals surface area contributed by atoms with Crippen LogP contribution in [0.2, 0.25) is 0 Å². The molecule has 0 aliphatic heterocycles. The molecule has 0 unspecified atom stereocenters. The molecule has 28 heavy (non-hydrogen) atoms. The monoisotopic (exact) mass is 429 g/mol. The van der Waals surface area contributed by atoms with Gasteiger partial charge in [0.05, 0.1) is 26.6 Å². The number of furan rings is 1. The van der Waals surface area contributed by atoms with Gasteiger partial charge in [0.2, 0.25) is 0 Å². The average Bonchev–Trinajstić information content (AvgIpc) is 3.26. The van der Waals surface area contributed by atoms with Crippen molar-refractivity contribution in [2.45, 2.75) is 0 Å². The Kier molecular flexibility index (Phi) is 3.23. The molecule has 2 heterocycles. The van der Waals surface area contributed by atoms with E-state index in [-0.39, 0.29) is 5.82 Å². The van der Waals surface area contributed by atoms with Gasteiger partial charge in [-0.2, -0.15) is 0 Å². The molecule has 0 atom stereocenters. The lowest BCUT2D eigenvalue weighted by molar-refractivity contribution is 0.620. The molecule has 4 aromatic carbocycles. The Morgan fingerprint density at radius 3 is 2.39 bits per heavy atom. The fourth-order valence-electron chi connectivity index (χ4n) is 4.16. The van der Waals surface area contributed by atoms with Crippen molar-refractivity contribution < 1.29 is 8.81 Å². The molecule has 0 radical (unpaired) electrons. The fraction of sp³-hybridized carbons (Fsp3) is 0. The van der Waals surface area contributed by atoms with Crippen molar-refractivity contribution in [3.63, 3.8) is 0 Å². The van der Waals surface area contributed by atoms with E-state index in [1.54, 1.807) is 6.07 Å². The molecule has 0 saturated carbocycles. The van der Waals surface area contributed by atoms with E-state index < -0.39 is 0 Å². The van der Waals surface area contributed by atoms with Gasteiger partial charge in [-0.3, -0.25) is 0 Å². The van der Waals surface area contributed by atoms with Gasteiger partial charge >= 0.3 is 0 Å². The van der Waals surface area contributed by atoms with Crippen molar-refractivity contribution in [1.82, 2.24) is 4.57 Å². The smallest absolute Gasteiger partial charge is 0.145 e. The highest BCUT2D eigenvalue weighted by atomic mass is 79.9. The first-order chi connectivity index (χ1) is 13.7. The summed E-state index contributed by atoms with van der Waals surface area (Å²) in [6.45, 7) is 0. The molecule has 0 spiro atoms. The van der Waals surface area contributed by atoms with E-state index in [1.165, 1.54) is 6.07 Å². The number of halogens is 2. The van der Waals surface area contributed by atoms with Crippen molar-refractivity contribution in [3.8, 4) is 5.69 Å². The summed E-state index contributed by atoms with van der Waals surface area (Å²) >= 11 is 3.43. The van der Waals surface area contributed by atoms with E-state index in [1.807, 2.05) is 36.4 Å². The summed E-state index contributed by atoms with van der Waals surface area (Å²) in [5.74, 6) is -0.284. The van der Waals surface area contributed by atoms with Crippen LogP contribution in [0.25, 0.3) is 49.4 Å².